The number of carboxylic acids is 1. The molecule has 39 heavy (non-hydrogen) atoms. The number of rotatable bonds is 13. The number of nitrogens with two attached hydrogens (primary N) is 1. The van der Waals surface area contributed by atoms with Gasteiger partial charge in [-0.05, 0) is 64.3 Å². The number of nitrogens with zero attached hydrogens (tertiary/aromatic N) is 3. The van der Waals surface area contributed by atoms with Crippen molar-refractivity contribution in [1.82, 2.24) is 20.2 Å². The molecule has 0 unspecified atom stereocenters. The number of aromatic nitrogens is 2. The first-order chi connectivity index (χ1) is 18.3. The second-order valence-corrected chi connectivity index (χ2v) is 11.1. The Morgan fingerprint density at radius 3 is 2.46 bits per heavy atom. The van der Waals surface area contributed by atoms with Gasteiger partial charge in [0.1, 0.15) is 10.6 Å². The first-order valence-corrected chi connectivity index (χ1v) is 13.6. The van der Waals surface area contributed by atoms with Crippen molar-refractivity contribution in [1.29, 1.82) is 0 Å². The van der Waals surface area contributed by atoms with Crippen LogP contribution in [-0.2, 0) is 14.3 Å². The van der Waals surface area contributed by atoms with Crippen LogP contribution in [-0.4, -0.2) is 82.6 Å². The Hall–Kier alpha value is -3.38. The summed E-state index contributed by atoms with van der Waals surface area (Å²) in [7, 11) is 1.58. The van der Waals surface area contributed by atoms with E-state index in [1.54, 1.807) is 51.8 Å². The molecule has 11 nitrogen and oxygen atoms in total. The van der Waals surface area contributed by atoms with Crippen LogP contribution in [0.3, 0.4) is 0 Å². The molecule has 0 aliphatic carbocycles. The predicted molar refractivity (Wildman–Crippen MR) is 151 cm³/mol. The smallest absolute Gasteiger partial charge is 0.407 e. The van der Waals surface area contributed by atoms with E-state index < -0.39 is 17.7 Å². The third-order valence-corrected chi connectivity index (χ3v) is 6.45. The molecule has 12 heteroatoms. The Morgan fingerprint density at radius 2 is 1.82 bits per heavy atom. The zero-order chi connectivity index (χ0) is 29.2. The summed E-state index contributed by atoms with van der Waals surface area (Å²) >= 11 is 1.42. The maximum absolute atomic E-state index is 12.8. The number of amides is 2. The Bertz CT molecular complexity index is 1170. The van der Waals surface area contributed by atoms with Gasteiger partial charge in [-0.3, -0.25) is 4.79 Å². The lowest BCUT2D eigenvalue weighted by Crippen LogP contribution is -2.36. The van der Waals surface area contributed by atoms with E-state index in [9.17, 15) is 19.5 Å². The lowest BCUT2D eigenvalue weighted by atomic mass is 9.98. The number of carbonyl (C=O) groups excluding carboxylic acids is 2. The molecular weight excluding hydrogens is 522 g/mol. The zero-order valence-corrected chi connectivity index (χ0v) is 24.3. The van der Waals surface area contributed by atoms with Crippen LogP contribution in [0, 0.1) is 13.8 Å². The highest BCUT2D eigenvalue weighted by Crippen LogP contribution is 2.29. The highest BCUT2D eigenvalue weighted by Gasteiger charge is 2.18. The minimum Gasteiger partial charge on any atom is -0.478 e. The molecule has 1 aromatic carbocycles. The third kappa shape index (κ3) is 10.7. The SMILES string of the molecule is COCCN(CCSc1cc(-c2cc(C(=O)O)c(C)cc2C)nc(N)n1)C(=O)CCCNC(=O)OC(C)(C)C. The van der Waals surface area contributed by atoms with E-state index in [0.717, 1.165) is 5.56 Å². The van der Waals surface area contributed by atoms with Gasteiger partial charge in [-0.2, -0.15) is 0 Å². The summed E-state index contributed by atoms with van der Waals surface area (Å²) in [5.41, 5.74) is 8.35. The number of aromatic carboxylic acids is 1. The minimum atomic E-state index is -1.01. The number of carbonyl (C=O) groups is 3. The number of hydrogen-bond acceptors (Lipinski definition) is 9. The molecular formula is C27H39N5O6S. The molecule has 4 N–H and O–H groups in total. The highest BCUT2D eigenvalue weighted by atomic mass is 32.2. The van der Waals surface area contributed by atoms with Crippen molar-refractivity contribution < 1.29 is 29.0 Å². The number of nitrogens with one attached hydrogen (secondary N) is 1. The van der Waals surface area contributed by atoms with Crippen molar-refractivity contribution in [3.05, 3.63) is 34.9 Å². The molecule has 0 saturated carbocycles. The van der Waals surface area contributed by atoms with Crippen molar-refractivity contribution in [3.8, 4) is 11.3 Å². The number of methoxy groups -OCH3 is 1. The average Bonchev–Trinajstić information content (AvgIpc) is 2.82. The standard InChI is InChI=1S/C27H39N5O6S/c1-17-14-18(2)20(24(34)35)15-19(17)21-16-22(31-25(28)30-21)39-13-11-32(10-12-37-6)23(33)8-7-9-29-26(36)38-27(3,4)5/h14-16H,7-13H2,1-6H3,(H,29,36)(H,34,35)(H2,28,30,31). The summed E-state index contributed by atoms with van der Waals surface area (Å²) in [4.78, 5) is 46.6. The minimum absolute atomic E-state index is 0.0435. The number of ether oxygens (including phenoxy) is 2. The number of anilines is 1. The fourth-order valence-corrected chi connectivity index (χ4v) is 4.61. The van der Waals surface area contributed by atoms with E-state index in [4.69, 9.17) is 15.2 Å². The molecule has 0 atom stereocenters. The Kier molecular flexibility index (Phi) is 12.0. The second kappa shape index (κ2) is 14.7. The third-order valence-electron chi connectivity index (χ3n) is 5.56. The summed E-state index contributed by atoms with van der Waals surface area (Å²) < 4.78 is 10.4. The summed E-state index contributed by atoms with van der Waals surface area (Å²) in [6.07, 6.45) is 0.244. The van der Waals surface area contributed by atoms with E-state index in [-0.39, 0.29) is 23.8 Å². The molecule has 0 spiro atoms. The molecule has 0 aliphatic heterocycles. The van der Waals surface area contributed by atoms with Crippen LogP contribution in [0.25, 0.3) is 11.3 Å². The summed E-state index contributed by atoms with van der Waals surface area (Å²) in [6.45, 7) is 10.6. The topological polar surface area (TPSA) is 157 Å². The largest absolute Gasteiger partial charge is 0.478 e. The molecule has 1 heterocycles. The maximum Gasteiger partial charge on any atom is 0.407 e. The number of alkyl carbamates (subject to hydrolysis) is 1. The average molecular weight is 562 g/mol. The predicted octanol–water partition coefficient (Wildman–Crippen LogP) is 3.91. The van der Waals surface area contributed by atoms with Gasteiger partial charge in [-0.1, -0.05) is 6.07 Å². The van der Waals surface area contributed by atoms with E-state index in [0.29, 0.717) is 60.3 Å². The van der Waals surface area contributed by atoms with Gasteiger partial charge in [-0.25, -0.2) is 19.6 Å². The monoisotopic (exact) mass is 561 g/mol. The lowest BCUT2D eigenvalue weighted by Gasteiger charge is -2.22. The van der Waals surface area contributed by atoms with Crippen molar-refractivity contribution in [2.75, 3.05) is 44.8 Å². The molecule has 2 amide bonds. The van der Waals surface area contributed by atoms with E-state index in [2.05, 4.69) is 15.3 Å². The van der Waals surface area contributed by atoms with Gasteiger partial charge < -0.3 is 30.5 Å². The van der Waals surface area contributed by atoms with Gasteiger partial charge in [0, 0.05) is 44.5 Å². The Morgan fingerprint density at radius 1 is 1.10 bits per heavy atom. The van der Waals surface area contributed by atoms with Crippen LogP contribution < -0.4 is 11.1 Å². The fraction of sp³-hybridized carbons (Fsp3) is 0.519. The molecule has 2 rings (SSSR count). The Balaban J connectivity index is 2.00. The summed E-state index contributed by atoms with van der Waals surface area (Å²) in [5, 5.41) is 12.8. The van der Waals surface area contributed by atoms with Crippen LogP contribution >= 0.6 is 11.8 Å². The van der Waals surface area contributed by atoms with Crippen molar-refractivity contribution >= 4 is 35.7 Å². The molecule has 0 radical (unpaired) electrons. The number of hydrogen-bond donors (Lipinski definition) is 3. The van der Waals surface area contributed by atoms with Crippen LogP contribution in [0.15, 0.2) is 23.2 Å². The van der Waals surface area contributed by atoms with Gasteiger partial charge >= 0.3 is 12.1 Å². The van der Waals surface area contributed by atoms with Crippen molar-refractivity contribution in [3.63, 3.8) is 0 Å². The summed E-state index contributed by atoms with van der Waals surface area (Å²) in [5.74, 6) is -0.420. The van der Waals surface area contributed by atoms with Gasteiger partial charge in [0.15, 0.2) is 0 Å². The number of aryl methyl sites for hydroxylation is 2. The van der Waals surface area contributed by atoms with Gasteiger partial charge in [0.05, 0.1) is 17.9 Å². The number of thioether (sulfide) groups is 1. The molecule has 0 fully saturated rings. The molecule has 0 saturated heterocycles. The van der Waals surface area contributed by atoms with Gasteiger partial charge in [-0.15, -0.1) is 11.8 Å². The molecule has 2 aromatic rings. The van der Waals surface area contributed by atoms with Crippen LogP contribution in [0.1, 0.15) is 55.1 Å². The van der Waals surface area contributed by atoms with Crippen LogP contribution in [0.5, 0.6) is 0 Å². The van der Waals surface area contributed by atoms with Crippen molar-refractivity contribution in [2.45, 2.75) is 58.1 Å². The maximum atomic E-state index is 12.8. The Labute approximate surface area is 233 Å². The van der Waals surface area contributed by atoms with Crippen LogP contribution in [0.2, 0.25) is 0 Å². The first kappa shape index (κ1) is 31.8. The molecule has 0 aliphatic rings. The zero-order valence-electron chi connectivity index (χ0n) is 23.5. The molecule has 0 bridgehead atoms. The molecule has 214 valence electrons. The molecule has 1 aromatic heterocycles. The number of nitrogen functional groups attached to an aromatic ring is 1. The van der Waals surface area contributed by atoms with E-state index >= 15 is 0 Å². The van der Waals surface area contributed by atoms with Gasteiger partial charge in [0.2, 0.25) is 11.9 Å². The lowest BCUT2D eigenvalue weighted by molar-refractivity contribution is -0.131. The first-order valence-electron chi connectivity index (χ1n) is 12.7. The fourth-order valence-electron chi connectivity index (χ4n) is 3.74. The normalized spacial score (nSPS) is 11.2. The summed E-state index contributed by atoms with van der Waals surface area (Å²) in [6, 6.07) is 5.19. The number of benzene rings is 1. The van der Waals surface area contributed by atoms with Crippen molar-refractivity contribution in [2.24, 2.45) is 0 Å². The quantitative estimate of drug-likeness (QED) is 0.186. The van der Waals surface area contributed by atoms with E-state index in [1.165, 1.54) is 11.8 Å². The number of carboxylic acid groups (broad SMARTS) is 1. The second-order valence-electron chi connectivity index (χ2n) is 9.99. The highest BCUT2D eigenvalue weighted by molar-refractivity contribution is 7.99. The van der Waals surface area contributed by atoms with Crippen LogP contribution in [0.4, 0.5) is 10.7 Å². The van der Waals surface area contributed by atoms with E-state index in [1.807, 2.05) is 13.0 Å². The van der Waals surface area contributed by atoms with Gasteiger partial charge in [0.25, 0.3) is 0 Å².